The number of benzene rings is 1. The molecule has 1 atom stereocenters. The normalized spacial score (nSPS) is 17.7. The van der Waals surface area contributed by atoms with Gasteiger partial charge in [0, 0.05) is 12.7 Å². The van der Waals surface area contributed by atoms with Gasteiger partial charge < -0.3 is 14.6 Å². The highest BCUT2D eigenvalue weighted by Gasteiger charge is 2.20. The third-order valence-electron chi connectivity index (χ3n) is 3.37. The Labute approximate surface area is 115 Å². The van der Waals surface area contributed by atoms with Crippen LogP contribution in [0.3, 0.4) is 0 Å². The van der Waals surface area contributed by atoms with Crippen molar-refractivity contribution < 1.29 is 13.5 Å². The predicted molar refractivity (Wildman–Crippen MR) is 71.0 cm³/mol. The summed E-state index contributed by atoms with van der Waals surface area (Å²) in [7, 11) is 0. The largest absolute Gasteiger partial charge is 0.435 e. The van der Waals surface area contributed by atoms with Crippen LogP contribution in [0.5, 0.6) is 5.75 Å². The standard InChI is InChI=1S/C14H15F2N3O/c1-9-8-19-7-6-12(18-14(19)17-9)10-2-4-11(5-3-10)20-13(15)16/h2-5,8,12-13H,6-7H2,1H3,(H,17,18). The lowest BCUT2D eigenvalue weighted by molar-refractivity contribution is -0.0498. The Morgan fingerprint density at radius 1 is 1.35 bits per heavy atom. The monoisotopic (exact) mass is 279 g/mol. The molecule has 106 valence electrons. The maximum atomic E-state index is 12.1. The second kappa shape index (κ2) is 5.11. The number of anilines is 1. The maximum absolute atomic E-state index is 12.1. The fraction of sp³-hybridized carbons (Fsp3) is 0.357. The minimum Gasteiger partial charge on any atom is -0.435 e. The van der Waals surface area contributed by atoms with Crippen molar-refractivity contribution in [3.05, 3.63) is 41.7 Å². The SMILES string of the molecule is Cc1cn2c(n1)NC(c1ccc(OC(F)F)cc1)CC2. The van der Waals surface area contributed by atoms with Gasteiger partial charge >= 0.3 is 6.61 Å². The van der Waals surface area contributed by atoms with Crippen molar-refractivity contribution in [1.29, 1.82) is 0 Å². The first kappa shape index (κ1) is 12.9. The van der Waals surface area contributed by atoms with E-state index in [0.717, 1.165) is 30.2 Å². The van der Waals surface area contributed by atoms with Crippen LogP contribution in [0.4, 0.5) is 14.7 Å². The van der Waals surface area contributed by atoms with Gasteiger partial charge in [-0.2, -0.15) is 8.78 Å². The molecule has 0 saturated carbocycles. The van der Waals surface area contributed by atoms with Crippen molar-refractivity contribution in [1.82, 2.24) is 9.55 Å². The summed E-state index contributed by atoms with van der Waals surface area (Å²) in [5.41, 5.74) is 2.02. The van der Waals surface area contributed by atoms with E-state index in [0.29, 0.717) is 0 Å². The molecule has 4 nitrogen and oxygen atoms in total. The molecule has 3 rings (SSSR count). The number of halogens is 2. The summed E-state index contributed by atoms with van der Waals surface area (Å²) in [5, 5.41) is 3.36. The number of hydrogen-bond acceptors (Lipinski definition) is 3. The van der Waals surface area contributed by atoms with E-state index in [2.05, 4.69) is 19.6 Å². The summed E-state index contributed by atoms with van der Waals surface area (Å²) >= 11 is 0. The molecule has 1 aromatic heterocycles. The zero-order valence-electron chi connectivity index (χ0n) is 11.0. The number of aryl methyl sites for hydroxylation is 2. The van der Waals surface area contributed by atoms with Crippen LogP contribution in [0, 0.1) is 6.92 Å². The quantitative estimate of drug-likeness (QED) is 0.936. The van der Waals surface area contributed by atoms with E-state index in [4.69, 9.17) is 0 Å². The van der Waals surface area contributed by atoms with Gasteiger partial charge in [-0.05, 0) is 31.0 Å². The van der Waals surface area contributed by atoms with E-state index in [1.807, 2.05) is 13.1 Å². The minimum absolute atomic E-state index is 0.143. The number of ether oxygens (including phenoxy) is 1. The summed E-state index contributed by atoms with van der Waals surface area (Å²) in [6.07, 6.45) is 2.94. The molecule has 1 aromatic carbocycles. The number of hydrogen-bond donors (Lipinski definition) is 1. The van der Waals surface area contributed by atoms with Gasteiger partial charge in [0.15, 0.2) is 0 Å². The molecule has 0 aliphatic carbocycles. The van der Waals surface area contributed by atoms with Gasteiger partial charge in [-0.3, -0.25) is 0 Å². The lowest BCUT2D eigenvalue weighted by atomic mass is 10.0. The zero-order chi connectivity index (χ0) is 14.1. The van der Waals surface area contributed by atoms with E-state index in [-0.39, 0.29) is 11.8 Å². The van der Waals surface area contributed by atoms with Crippen molar-refractivity contribution in [2.45, 2.75) is 32.5 Å². The second-order valence-corrected chi connectivity index (χ2v) is 4.83. The Balaban J connectivity index is 1.74. The molecule has 1 unspecified atom stereocenters. The fourth-order valence-corrected chi connectivity index (χ4v) is 2.46. The maximum Gasteiger partial charge on any atom is 0.387 e. The molecule has 0 bridgehead atoms. The highest BCUT2D eigenvalue weighted by molar-refractivity contribution is 5.38. The van der Waals surface area contributed by atoms with E-state index >= 15 is 0 Å². The van der Waals surface area contributed by atoms with Crippen LogP contribution in [0.1, 0.15) is 23.7 Å². The van der Waals surface area contributed by atoms with Crippen molar-refractivity contribution in [3.63, 3.8) is 0 Å². The molecule has 1 aliphatic heterocycles. The molecule has 20 heavy (non-hydrogen) atoms. The first-order chi connectivity index (χ1) is 9.61. The lowest BCUT2D eigenvalue weighted by Crippen LogP contribution is -2.21. The van der Waals surface area contributed by atoms with Gasteiger partial charge in [-0.1, -0.05) is 12.1 Å². The Bertz CT molecular complexity index is 595. The number of nitrogens with one attached hydrogen (secondary N) is 1. The summed E-state index contributed by atoms with van der Waals surface area (Å²) in [6, 6.07) is 6.89. The number of nitrogens with zero attached hydrogens (tertiary/aromatic N) is 2. The summed E-state index contributed by atoms with van der Waals surface area (Å²) < 4.78 is 30.6. The molecule has 2 aromatic rings. The van der Waals surface area contributed by atoms with E-state index < -0.39 is 6.61 Å². The van der Waals surface area contributed by atoms with Gasteiger partial charge in [0.1, 0.15) is 5.75 Å². The fourth-order valence-electron chi connectivity index (χ4n) is 2.46. The van der Waals surface area contributed by atoms with Gasteiger partial charge in [-0.25, -0.2) is 4.98 Å². The second-order valence-electron chi connectivity index (χ2n) is 4.83. The molecule has 0 fully saturated rings. The van der Waals surface area contributed by atoms with Gasteiger partial charge in [0.05, 0.1) is 11.7 Å². The molecule has 0 saturated heterocycles. The Morgan fingerprint density at radius 2 is 2.10 bits per heavy atom. The molecule has 1 aliphatic rings. The van der Waals surface area contributed by atoms with Crippen LogP contribution in [-0.4, -0.2) is 16.2 Å². The van der Waals surface area contributed by atoms with Crippen molar-refractivity contribution in [2.75, 3.05) is 5.32 Å². The molecular weight excluding hydrogens is 264 g/mol. The Hall–Kier alpha value is -2.11. The number of aromatic nitrogens is 2. The topological polar surface area (TPSA) is 39.1 Å². The van der Waals surface area contributed by atoms with E-state index in [1.54, 1.807) is 24.3 Å². The third-order valence-corrected chi connectivity index (χ3v) is 3.37. The van der Waals surface area contributed by atoms with Gasteiger partial charge in [-0.15, -0.1) is 0 Å². The third kappa shape index (κ3) is 2.59. The predicted octanol–water partition coefficient (Wildman–Crippen LogP) is 3.35. The van der Waals surface area contributed by atoms with Crippen molar-refractivity contribution in [3.8, 4) is 5.75 Å². The van der Waals surface area contributed by atoms with Crippen LogP contribution in [0.25, 0.3) is 0 Å². The molecule has 2 heterocycles. The summed E-state index contributed by atoms with van der Waals surface area (Å²) in [5.74, 6) is 1.03. The Morgan fingerprint density at radius 3 is 2.80 bits per heavy atom. The Kier molecular flexibility index (Phi) is 3.30. The number of alkyl halides is 2. The molecule has 0 spiro atoms. The highest BCUT2D eigenvalue weighted by atomic mass is 19.3. The number of imidazole rings is 1. The minimum atomic E-state index is -2.79. The zero-order valence-corrected chi connectivity index (χ0v) is 11.0. The summed E-state index contributed by atoms with van der Waals surface area (Å²) in [4.78, 5) is 4.41. The smallest absolute Gasteiger partial charge is 0.387 e. The number of rotatable bonds is 3. The average molecular weight is 279 g/mol. The molecular formula is C14H15F2N3O. The molecule has 0 radical (unpaired) electrons. The van der Waals surface area contributed by atoms with Crippen LogP contribution < -0.4 is 10.1 Å². The van der Waals surface area contributed by atoms with Crippen LogP contribution in [0.15, 0.2) is 30.5 Å². The van der Waals surface area contributed by atoms with Crippen LogP contribution in [0.2, 0.25) is 0 Å². The first-order valence-electron chi connectivity index (χ1n) is 6.47. The first-order valence-corrected chi connectivity index (χ1v) is 6.47. The van der Waals surface area contributed by atoms with E-state index in [9.17, 15) is 8.78 Å². The van der Waals surface area contributed by atoms with Gasteiger partial charge in [0.25, 0.3) is 0 Å². The average Bonchev–Trinajstić information content (AvgIpc) is 2.78. The molecule has 0 amide bonds. The summed E-state index contributed by atoms with van der Waals surface area (Å²) in [6.45, 7) is 0.0610. The number of fused-ring (bicyclic) bond motifs is 1. The van der Waals surface area contributed by atoms with Gasteiger partial charge in [0.2, 0.25) is 5.95 Å². The van der Waals surface area contributed by atoms with E-state index in [1.165, 1.54) is 0 Å². The van der Waals surface area contributed by atoms with Crippen molar-refractivity contribution in [2.24, 2.45) is 0 Å². The molecule has 1 N–H and O–H groups in total. The van der Waals surface area contributed by atoms with Crippen LogP contribution >= 0.6 is 0 Å². The lowest BCUT2D eigenvalue weighted by Gasteiger charge is -2.25. The highest BCUT2D eigenvalue weighted by Crippen LogP contribution is 2.29. The van der Waals surface area contributed by atoms with Crippen molar-refractivity contribution >= 4 is 5.95 Å². The molecule has 6 heteroatoms. The van der Waals surface area contributed by atoms with Crippen LogP contribution in [-0.2, 0) is 6.54 Å².